The molecule has 0 amide bonds. The number of carboxylic acids is 1. The number of carboxylic acid groups (broad SMARTS) is 1. The van der Waals surface area contributed by atoms with Crippen molar-refractivity contribution < 1.29 is 23.1 Å². The minimum Gasteiger partial charge on any atom is -0.477 e. The first-order valence-electron chi connectivity index (χ1n) is 4.33. The Morgan fingerprint density at radius 2 is 2.00 bits per heavy atom. The molecule has 2 rings (SSSR count). The van der Waals surface area contributed by atoms with E-state index in [0.717, 1.165) is 0 Å². The van der Waals surface area contributed by atoms with Crippen molar-refractivity contribution in [2.45, 2.75) is 6.18 Å². The van der Waals surface area contributed by atoms with Crippen molar-refractivity contribution in [3.8, 4) is 0 Å². The van der Waals surface area contributed by atoms with Crippen LogP contribution >= 0.6 is 27.3 Å². The van der Waals surface area contributed by atoms with Crippen LogP contribution in [0.4, 0.5) is 13.2 Å². The number of aromatic carboxylic acids is 1. The molecule has 1 aromatic carbocycles. The molecular weight excluding hydrogens is 321 g/mol. The van der Waals surface area contributed by atoms with Crippen molar-refractivity contribution >= 4 is 43.3 Å². The summed E-state index contributed by atoms with van der Waals surface area (Å²) in [6.07, 6.45) is -4.67. The highest BCUT2D eigenvalue weighted by atomic mass is 79.9. The summed E-state index contributed by atoms with van der Waals surface area (Å²) in [6.45, 7) is 0. The highest BCUT2D eigenvalue weighted by Gasteiger charge is 2.39. The third kappa shape index (κ3) is 2.16. The van der Waals surface area contributed by atoms with Crippen LogP contribution in [0.2, 0.25) is 0 Å². The van der Waals surface area contributed by atoms with Crippen LogP contribution in [0.15, 0.2) is 22.7 Å². The van der Waals surface area contributed by atoms with Crippen molar-refractivity contribution in [2.24, 2.45) is 0 Å². The fraction of sp³-hybridized carbons (Fsp3) is 0.100. The highest BCUT2D eigenvalue weighted by molar-refractivity contribution is 9.10. The predicted octanol–water partition coefficient (Wildman–Crippen LogP) is 4.38. The van der Waals surface area contributed by atoms with Gasteiger partial charge in [0, 0.05) is 14.6 Å². The average Bonchev–Trinajstić information content (AvgIpc) is 2.55. The summed E-state index contributed by atoms with van der Waals surface area (Å²) < 4.78 is 39.3. The van der Waals surface area contributed by atoms with Crippen LogP contribution in [-0.4, -0.2) is 11.1 Å². The Hall–Kier alpha value is -1.08. The zero-order chi connectivity index (χ0) is 12.8. The summed E-state index contributed by atoms with van der Waals surface area (Å²) in [5.74, 6) is -1.56. The van der Waals surface area contributed by atoms with Crippen molar-refractivity contribution in [3.05, 3.63) is 33.1 Å². The summed E-state index contributed by atoms with van der Waals surface area (Å²) in [4.78, 5) is 10.1. The molecule has 0 fully saturated rings. The number of benzene rings is 1. The lowest BCUT2D eigenvalue weighted by Crippen LogP contribution is -2.09. The number of rotatable bonds is 1. The summed E-state index contributed by atoms with van der Waals surface area (Å²) in [7, 11) is 0. The van der Waals surface area contributed by atoms with Crippen LogP contribution in [0, 0.1) is 0 Å². The molecule has 0 atom stereocenters. The van der Waals surface area contributed by atoms with Gasteiger partial charge in [0.2, 0.25) is 0 Å². The second-order valence-corrected chi connectivity index (χ2v) is 5.22. The van der Waals surface area contributed by atoms with Gasteiger partial charge >= 0.3 is 12.1 Å². The van der Waals surface area contributed by atoms with Crippen LogP contribution in [0.5, 0.6) is 0 Å². The molecule has 17 heavy (non-hydrogen) atoms. The van der Waals surface area contributed by atoms with Gasteiger partial charge in [-0.25, -0.2) is 4.79 Å². The number of hydrogen-bond acceptors (Lipinski definition) is 2. The van der Waals surface area contributed by atoms with Crippen molar-refractivity contribution in [1.82, 2.24) is 0 Å². The summed E-state index contributed by atoms with van der Waals surface area (Å²) >= 11 is 3.76. The molecule has 0 aliphatic rings. The topological polar surface area (TPSA) is 37.3 Å². The van der Waals surface area contributed by atoms with Gasteiger partial charge in [0.25, 0.3) is 0 Å². The Labute approximate surface area is 106 Å². The molecule has 7 heteroatoms. The van der Waals surface area contributed by atoms with E-state index in [2.05, 4.69) is 15.9 Å². The maximum Gasteiger partial charge on any atom is 0.418 e. The number of fused-ring (bicyclic) bond motifs is 1. The van der Waals surface area contributed by atoms with E-state index in [1.807, 2.05) is 0 Å². The molecule has 90 valence electrons. The standard InChI is InChI=1S/C10H4BrF3O2S/c11-4-1-2-5-6(3-4)17-8(9(15)16)7(5)10(12,13)14/h1-3H,(H,15,16). The second kappa shape index (κ2) is 3.99. The highest BCUT2D eigenvalue weighted by Crippen LogP contribution is 2.42. The Bertz CT molecular complexity index is 603. The molecule has 0 aliphatic heterocycles. The number of alkyl halides is 3. The van der Waals surface area contributed by atoms with Gasteiger partial charge in [0.1, 0.15) is 4.88 Å². The average molecular weight is 325 g/mol. The van der Waals surface area contributed by atoms with Gasteiger partial charge in [-0.05, 0) is 12.1 Å². The lowest BCUT2D eigenvalue weighted by atomic mass is 10.1. The lowest BCUT2D eigenvalue weighted by molar-refractivity contribution is -0.136. The molecule has 2 aromatic rings. The van der Waals surface area contributed by atoms with Crippen LogP contribution in [0.3, 0.4) is 0 Å². The third-order valence-corrected chi connectivity index (χ3v) is 3.76. The molecule has 0 bridgehead atoms. The number of carbonyl (C=O) groups is 1. The van der Waals surface area contributed by atoms with Gasteiger partial charge in [0.15, 0.2) is 0 Å². The van der Waals surface area contributed by atoms with E-state index in [1.165, 1.54) is 18.2 Å². The summed E-state index contributed by atoms with van der Waals surface area (Å²) in [5, 5.41) is 8.72. The lowest BCUT2D eigenvalue weighted by Gasteiger charge is -2.06. The Morgan fingerprint density at radius 1 is 1.35 bits per heavy atom. The minimum absolute atomic E-state index is 0.0805. The van der Waals surface area contributed by atoms with Crippen LogP contribution in [-0.2, 0) is 6.18 Å². The Morgan fingerprint density at radius 3 is 2.53 bits per heavy atom. The molecule has 0 saturated carbocycles. The maximum absolute atomic E-state index is 12.8. The number of halogens is 4. The zero-order valence-electron chi connectivity index (χ0n) is 8.01. The van der Waals surface area contributed by atoms with Gasteiger partial charge in [-0.1, -0.05) is 22.0 Å². The molecule has 0 radical (unpaired) electrons. The normalized spacial score (nSPS) is 12.0. The molecule has 0 aliphatic carbocycles. The van der Waals surface area contributed by atoms with E-state index >= 15 is 0 Å². The SMILES string of the molecule is O=C(O)c1sc2cc(Br)ccc2c1C(F)(F)F. The molecule has 1 heterocycles. The van der Waals surface area contributed by atoms with Gasteiger partial charge in [0.05, 0.1) is 5.56 Å². The molecule has 2 nitrogen and oxygen atoms in total. The largest absolute Gasteiger partial charge is 0.477 e. The third-order valence-electron chi connectivity index (χ3n) is 2.13. The van der Waals surface area contributed by atoms with Crippen molar-refractivity contribution in [3.63, 3.8) is 0 Å². The maximum atomic E-state index is 12.8. The molecular formula is C10H4BrF3O2S. The van der Waals surface area contributed by atoms with E-state index < -0.39 is 22.6 Å². The predicted molar refractivity (Wildman–Crippen MR) is 61.5 cm³/mol. The van der Waals surface area contributed by atoms with Crippen LogP contribution in [0.1, 0.15) is 15.2 Å². The molecule has 0 saturated heterocycles. The fourth-order valence-corrected chi connectivity index (χ4v) is 3.12. The Balaban J connectivity index is 2.86. The van der Waals surface area contributed by atoms with Crippen LogP contribution in [0.25, 0.3) is 10.1 Å². The van der Waals surface area contributed by atoms with E-state index in [9.17, 15) is 18.0 Å². The van der Waals surface area contributed by atoms with Crippen molar-refractivity contribution in [1.29, 1.82) is 0 Å². The van der Waals surface area contributed by atoms with E-state index in [4.69, 9.17) is 5.11 Å². The van der Waals surface area contributed by atoms with E-state index in [-0.39, 0.29) is 5.39 Å². The first-order chi connectivity index (χ1) is 7.80. The first-order valence-corrected chi connectivity index (χ1v) is 5.94. The molecule has 0 unspecified atom stereocenters. The van der Waals surface area contributed by atoms with Gasteiger partial charge in [-0.2, -0.15) is 13.2 Å². The quantitative estimate of drug-likeness (QED) is 0.845. The van der Waals surface area contributed by atoms with E-state index in [0.29, 0.717) is 20.5 Å². The van der Waals surface area contributed by atoms with Crippen molar-refractivity contribution in [2.75, 3.05) is 0 Å². The molecule has 1 N–H and O–H groups in total. The fourth-order valence-electron chi connectivity index (χ4n) is 1.50. The van der Waals surface area contributed by atoms with Gasteiger partial charge in [-0.3, -0.25) is 0 Å². The van der Waals surface area contributed by atoms with Crippen LogP contribution < -0.4 is 0 Å². The molecule has 0 spiro atoms. The minimum atomic E-state index is -4.67. The molecule has 1 aromatic heterocycles. The number of thiophene rings is 1. The van der Waals surface area contributed by atoms with Gasteiger partial charge in [-0.15, -0.1) is 11.3 Å². The summed E-state index contributed by atoms with van der Waals surface area (Å²) in [5.41, 5.74) is -1.07. The summed E-state index contributed by atoms with van der Waals surface area (Å²) in [6, 6.07) is 4.20. The first kappa shape index (κ1) is 12.4. The smallest absolute Gasteiger partial charge is 0.418 e. The van der Waals surface area contributed by atoms with Gasteiger partial charge < -0.3 is 5.11 Å². The number of hydrogen-bond donors (Lipinski definition) is 1. The Kier molecular flexibility index (Phi) is 2.90. The van der Waals surface area contributed by atoms with E-state index in [1.54, 1.807) is 0 Å². The monoisotopic (exact) mass is 324 g/mol. The second-order valence-electron chi connectivity index (χ2n) is 3.25. The zero-order valence-corrected chi connectivity index (χ0v) is 10.4.